The summed E-state index contributed by atoms with van der Waals surface area (Å²) in [6.07, 6.45) is 2.04. The minimum atomic E-state index is -0.415. The summed E-state index contributed by atoms with van der Waals surface area (Å²) in [7, 11) is 0. The first kappa shape index (κ1) is 16.7. The molecule has 0 bridgehead atoms. The summed E-state index contributed by atoms with van der Waals surface area (Å²) in [6, 6.07) is 6.15. The van der Waals surface area contributed by atoms with Crippen molar-refractivity contribution in [3.63, 3.8) is 0 Å². The Morgan fingerprint density at radius 1 is 1.30 bits per heavy atom. The molecule has 0 aliphatic carbocycles. The molecule has 2 saturated heterocycles. The van der Waals surface area contributed by atoms with Gasteiger partial charge in [0, 0.05) is 49.1 Å². The number of benzene rings is 1. The second-order valence-corrected chi connectivity index (χ2v) is 7.00. The van der Waals surface area contributed by atoms with Gasteiger partial charge < -0.3 is 19.7 Å². The first-order valence-electron chi connectivity index (χ1n) is 8.14. The number of likely N-dealkylation sites (tertiary alicyclic amines) is 1. The number of carbonyl (C=O) groups is 1. The van der Waals surface area contributed by atoms with Crippen molar-refractivity contribution >= 4 is 27.5 Å². The number of hydrogen-bond acceptors (Lipinski definition) is 4. The third kappa shape index (κ3) is 4.05. The van der Waals surface area contributed by atoms with Crippen LogP contribution in [0, 0.1) is 6.92 Å². The lowest BCUT2D eigenvalue weighted by Gasteiger charge is -2.37. The number of rotatable bonds is 4. The van der Waals surface area contributed by atoms with Crippen LogP contribution in [0.3, 0.4) is 0 Å². The van der Waals surface area contributed by atoms with Crippen LogP contribution in [-0.2, 0) is 14.3 Å². The molecule has 2 heterocycles. The zero-order chi connectivity index (χ0) is 16.3. The Kier molecular flexibility index (Phi) is 5.24. The molecule has 5 nitrogen and oxygen atoms in total. The van der Waals surface area contributed by atoms with Crippen LogP contribution in [0.15, 0.2) is 22.7 Å². The van der Waals surface area contributed by atoms with Crippen LogP contribution in [-0.4, -0.2) is 49.4 Å². The van der Waals surface area contributed by atoms with Gasteiger partial charge in [0.15, 0.2) is 5.79 Å². The molecular formula is C17H23BrN2O3. The maximum atomic E-state index is 12.3. The maximum absolute atomic E-state index is 12.3. The Hall–Kier alpha value is -1.11. The zero-order valence-electron chi connectivity index (χ0n) is 13.4. The largest absolute Gasteiger partial charge is 0.384 e. The predicted molar refractivity (Wildman–Crippen MR) is 92.4 cm³/mol. The number of nitrogens with one attached hydrogen (secondary N) is 1. The Morgan fingerprint density at radius 3 is 2.65 bits per heavy atom. The average molecular weight is 383 g/mol. The second-order valence-electron chi connectivity index (χ2n) is 6.15. The predicted octanol–water partition coefficient (Wildman–Crippen LogP) is 2.93. The fraction of sp³-hybridized carbons (Fsp3) is 0.588. The molecule has 0 unspecified atom stereocenters. The van der Waals surface area contributed by atoms with Crippen LogP contribution in [0.4, 0.5) is 5.69 Å². The van der Waals surface area contributed by atoms with Crippen LogP contribution >= 0.6 is 15.9 Å². The van der Waals surface area contributed by atoms with Gasteiger partial charge in [-0.3, -0.25) is 4.79 Å². The van der Waals surface area contributed by atoms with E-state index in [-0.39, 0.29) is 5.91 Å². The summed E-state index contributed by atoms with van der Waals surface area (Å²) in [5, 5.41) is 3.31. The fourth-order valence-electron chi connectivity index (χ4n) is 3.11. The molecule has 1 amide bonds. The highest BCUT2D eigenvalue weighted by Gasteiger charge is 2.40. The van der Waals surface area contributed by atoms with E-state index in [0.29, 0.717) is 39.3 Å². The highest BCUT2D eigenvalue weighted by atomic mass is 79.9. The summed E-state index contributed by atoms with van der Waals surface area (Å²) < 4.78 is 12.4. The molecule has 2 fully saturated rings. The number of amides is 1. The normalized spacial score (nSPS) is 20.0. The van der Waals surface area contributed by atoms with Crippen molar-refractivity contribution in [3.8, 4) is 0 Å². The Morgan fingerprint density at radius 2 is 2.00 bits per heavy atom. The van der Waals surface area contributed by atoms with Crippen molar-refractivity contribution in [2.24, 2.45) is 0 Å². The topological polar surface area (TPSA) is 50.8 Å². The smallest absolute Gasteiger partial charge is 0.224 e. The van der Waals surface area contributed by atoms with Crippen LogP contribution in [0.2, 0.25) is 0 Å². The summed E-state index contributed by atoms with van der Waals surface area (Å²) >= 11 is 3.54. The molecular weight excluding hydrogens is 360 g/mol. The molecule has 1 N–H and O–H groups in total. The first-order chi connectivity index (χ1) is 11.1. The highest BCUT2D eigenvalue weighted by molar-refractivity contribution is 9.10. The van der Waals surface area contributed by atoms with Gasteiger partial charge in [0.1, 0.15) is 0 Å². The summed E-state index contributed by atoms with van der Waals surface area (Å²) in [5.74, 6) is -0.226. The van der Waals surface area contributed by atoms with Gasteiger partial charge in [-0.2, -0.15) is 0 Å². The van der Waals surface area contributed by atoms with E-state index < -0.39 is 5.79 Å². The number of aryl methyl sites for hydroxylation is 1. The third-order valence-corrected chi connectivity index (χ3v) is 5.13. The summed E-state index contributed by atoms with van der Waals surface area (Å²) in [6.45, 7) is 5.46. The summed E-state index contributed by atoms with van der Waals surface area (Å²) in [4.78, 5) is 14.2. The average Bonchev–Trinajstić information content (AvgIpc) is 2.98. The molecule has 3 rings (SSSR count). The number of ether oxygens (including phenoxy) is 2. The number of carbonyl (C=O) groups excluding carboxylic acids is 1. The Balaban J connectivity index is 1.43. The van der Waals surface area contributed by atoms with Gasteiger partial charge in [0.05, 0.1) is 13.2 Å². The SMILES string of the molecule is Cc1ccc(NCCC(=O)N2CCC3(CC2)OCCO3)c(Br)c1. The van der Waals surface area contributed by atoms with E-state index in [4.69, 9.17) is 9.47 Å². The van der Waals surface area contributed by atoms with E-state index in [9.17, 15) is 4.79 Å². The van der Waals surface area contributed by atoms with Gasteiger partial charge in [-0.15, -0.1) is 0 Å². The van der Waals surface area contributed by atoms with E-state index in [1.807, 2.05) is 11.0 Å². The standard InChI is InChI=1S/C17H23BrN2O3/c1-13-2-3-15(14(18)12-13)19-7-4-16(21)20-8-5-17(6-9-20)22-10-11-23-17/h2-3,12,19H,4-11H2,1H3. The van der Waals surface area contributed by atoms with E-state index >= 15 is 0 Å². The lowest BCUT2D eigenvalue weighted by Crippen LogP contribution is -2.47. The first-order valence-corrected chi connectivity index (χ1v) is 8.93. The Bertz CT molecular complexity index is 563. The van der Waals surface area contributed by atoms with E-state index in [2.05, 4.69) is 40.3 Å². The number of anilines is 1. The van der Waals surface area contributed by atoms with Gasteiger partial charge in [0.2, 0.25) is 5.91 Å². The minimum absolute atomic E-state index is 0.189. The van der Waals surface area contributed by atoms with Gasteiger partial charge in [0.25, 0.3) is 0 Å². The molecule has 2 aliphatic heterocycles. The number of halogens is 1. The molecule has 0 aromatic heterocycles. The third-order valence-electron chi connectivity index (χ3n) is 4.47. The van der Waals surface area contributed by atoms with Crippen LogP contribution in [0.1, 0.15) is 24.8 Å². The number of nitrogens with zero attached hydrogens (tertiary/aromatic N) is 1. The molecule has 1 aromatic carbocycles. The Labute approximate surface area is 145 Å². The van der Waals surface area contributed by atoms with Gasteiger partial charge in [-0.1, -0.05) is 6.07 Å². The monoisotopic (exact) mass is 382 g/mol. The molecule has 0 radical (unpaired) electrons. The van der Waals surface area contributed by atoms with Crippen LogP contribution in [0.5, 0.6) is 0 Å². The second kappa shape index (κ2) is 7.20. The van der Waals surface area contributed by atoms with E-state index in [0.717, 1.165) is 23.0 Å². The fourth-order valence-corrected chi connectivity index (χ4v) is 3.74. The molecule has 126 valence electrons. The number of piperidine rings is 1. The van der Waals surface area contributed by atoms with Crippen LogP contribution in [0.25, 0.3) is 0 Å². The maximum Gasteiger partial charge on any atom is 0.224 e. The molecule has 23 heavy (non-hydrogen) atoms. The van der Waals surface area contributed by atoms with Gasteiger partial charge >= 0.3 is 0 Å². The van der Waals surface area contributed by atoms with Crippen molar-refractivity contribution in [2.45, 2.75) is 32.0 Å². The molecule has 1 aromatic rings. The molecule has 0 saturated carbocycles. The van der Waals surface area contributed by atoms with Gasteiger partial charge in [-0.25, -0.2) is 0 Å². The molecule has 0 atom stereocenters. The molecule has 6 heteroatoms. The summed E-state index contributed by atoms with van der Waals surface area (Å²) in [5.41, 5.74) is 2.23. The van der Waals surface area contributed by atoms with Crippen molar-refractivity contribution < 1.29 is 14.3 Å². The van der Waals surface area contributed by atoms with Crippen molar-refractivity contribution in [3.05, 3.63) is 28.2 Å². The van der Waals surface area contributed by atoms with Crippen molar-refractivity contribution in [1.82, 2.24) is 4.90 Å². The minimum Gasteiger partial charge on any atom is -0.384 e. The number of hydrogen-bond donors (Lipinski definition) is 1. The van der Waals surface area contributed by atoms with Crippen molar-refractivity contribution in [1.29, 1.82) is 0 Å². The van der Waals surface area contributed by atoms with Crippen molar-refractivity contribution in [2.75, 3.05) is 38.2 Å². The highest BCUT2D eigenvalue weighted by Crippen LogP contribution is 2.31. The van der Waals surface area contributed by atoms with E-state index in [1.54, 1.807) is 0 Å². The van der Waals surface area contributed by atoms with E-state index in [1.165, 1.54) is 5.56 Å². The van der Waals surface area contributed by atoms with Gasteiger partial charge in [-0.05, 0) is 40.5 Å². The molecule has 1 spiro atoms. The quantitative estimate of drug-likeness (QED) is 0.869. The lowest BCUT2D eigenvalue weighted by atomic mass is 10.0. The lowest BCUT2D eigenvalue weighted by molar-refractivity contribution is -0.187. The molecule has 2 aliphatic rings. The zero-order valence-corrected chi connectivity index (χ0v) is 15.0. The van der Waals surface area contributed by atoms with Crippen LogP contribution < -0.4 is 5.32 Å².